The van der Waals surface area contributed by atoms with Gasteiger partial charge in [0.15, 0.2) is 6.61 Å². The number of hydrogen-bond acceptors (Lipinski definition) is 3. The van der Waals surface area contributed by atoms with Crippen LogP contribution < -0.4 is 4.74 Å². The van der Waals surface area contributed by atoms with Crippen molar-refractivity contribution in [2.45, 2.75) is 13.3 Å². The zero-order valence-electron chi connectivity index (χ0n) is 7.99. The van der Waals surface area contributed by atoms with Gasteiger partial charge in [-0.1, -0.05) is 18.2 Å². The summed E-state index contributed by atoms with van der Waals surface area (Å²) in [7, 11) is 0. The van der Waals surface area contributed by atoms with Gasteiger partial charge >= 0.3 is 0 Å². The Bertz CT molecular complexity index is 366. The Morgan fingerprint density at radius 1 is 1.50 bits per heavy atom. The predicted octanol–water partition coefficient (Wildman–Crippen LogP) is 1.72. The summed E-state index contributed by atoms with van der Waals surface area (Å²) in [5, 5.41) is 8.36. The lowest BCUT2D eigenvalue weighted by molar-refractivity contribution is -0.116. The lowest BCUT2D eigenvalue weighted by atomic mass is 10.1. The third kappa shape index (κ3) is 2.91. The average molecular weight is 189 g/mol. The SMILES string of the molecule is CC(=O)Cc1ccccc1OCC#N. The van der Waals surface area contributed by atoms with Crippen LogP contribution in [0.15, 0.2) is 24.3 Å². The van der Waals surface area contributed by atoms with E-state index in [2.05, 4.69) is 0 Å². The first-order valence-corrected chi connectivity index (χ1v) is 4.31. The zero-order valence-corrected chi connectivity index (χ0v) is 7.99. The minimum Gasteiger partial charge on any atom is -0.478 e. The Morgan fingerprint density at radius 2 is 2.21 bits per heavy atom. The second-order valence-corrected chi connectivity index (χ2v) is 2.93. The van der Waals surface area contributed by atoms with Gasteiger partial charge in [0.25, 0.3) is 0 Å². The maximum absolute atomic E-state index is 10.9. The van der Waals surface area contributed by atoms with Gasteiger partial charge in [0.2, 0.25) is 0 Å². The van der Waals surface area contributed by atoms with Crippen LogP contribution in [-0.2, 0) is 11.2 Å². The van der Waals surface area contributed by atoms with Crippen molar-refractivity contribution in [2.24, 2.45) is 0 Å². The molecule has 3 heteroatoms. The van der Waals surface area contributed by atoms with Crippen molar-refractivity contribution in [1.29, 1.82) is 5.26 Å². The Labute approximate surface area is 82.9 Å². The molecule has 0 aliphatic heterocycles. The number of rotatable bonds is 4. The van der Waals surface area contributed by atoms with Crippen LogP contribution in [0.1, 0.15) is 12.5 Å². The van der Waals surface area contributed by atoms with Gasteiger partial charge in [-0.25, -0.2) is 0 Å². The van der Waals surface area contributed by atoms with Gasteiger partial charge in [-0.2, -0.15) is 5.26 Å². The van der Waals surface area contributed by atoms with Crippen LogP contribution in [0.4, 0.5) is 0 Å². The third-order valence-corrected chi connectivity index (χ3v) is 1.70. The number of ether oxygens (including phenoxy) is 1. The van der Waals surface area contributed by atoms with Gasteiger partial charge in [0.1, 0.15) is 17.6 Å². The molecule has 0 fully saturated rings. The predicted molar refractivity (Wildman–Crippen MR) is 51.9 cm³/mol. The van der Waals surface area contributed by atoms with E-state index in [1.54, 1.807) is 6.07 Å². The Morgan fingerprint density at radius 3 is 2.86 bits per heavy atom. The molecule has 0 bridgehead atoms. The highest BCUT2D eigenvalue weighted by molar-refractivity contribution is 5.78. The highest BCUT2D eigenvalue weighted by atomic mass is 16.5. The van der Waals surface area contributed by atoms with Crippen molar-refractivity contribution in [3.05, 3.63) is 29.8 Å². The molecule has 0 spiro atoms. The molecule has 1 aromatic rings. The number of ketones is 1. The highest BCUT2D eigenvalue weighted by Crippen LogP contribution is 2.18. The summed E-state index contributed by atoms with van der Waals surface area (Å²) < 4.78 is 5.17. The molecule has 0 N–H and O–H groups in total. The Hall–Kier alpha value is -1.82. The fourth-order valence-corrected chi connectivity index (χ4v) is 1.17. The summed E-state index contributed by atoms with van der Waals surface area (Å²) in [5.74, 6) is 0.697. The van der Waals surface area contributed by atoms with Crippen LogP contribution in [0.3, 0.4) is 0 Å². The summed E-state index contributed by atoms with van der Waals surface area (Å²) in [6.07, 6.45) is 0.349. The molecule has 0 aromatic heterocycles. The molecule has 14 heavy (non-hydrogen) atoms. The molecular weight excluding hydrogens is 178 g/mol. The van der Waals surface area contributed by atoms with Crippen LogP contribution in [0.25, 0.3) is 0 Å². The van der Waals surface area contributed by atoms with E-state index >= 15 is 0 Å². The third-order valence-electron chi connectivity index (χ3n) is 1.70. The molecular formula is C11H11NO2. The molecule has 0 saturated heterocycles. The van der Waals surface area contributed by atoms with Gasteiger partial charge < -0.3 is 4.74 Å². The first-order chi connectivity index (χ1) is 6.74. The van der Waals surface area contributed by atoms with Crippen LogP contribution >= 0.6 is 0 Å². The summed E-state index contributed by atoms with van der Waals surface area (Å²) in [4.78, 5) is 10.9. The molecule has 0 saturated carbocycles. The number of carbonyl (C=O) groups is 1. The average Bonchev–Trinajstić information content (AvgIpc) is 2.16. The van der Waals surface area contributed by atoms with E-state index in [4.69, 9.17) is 10.00 Å². The lowest BCUT2D eigenvalue weighted by Gasteiger charge is -2.06. The topological polar surface area (TPSA) is 50.1 Å². The van der Waals surface area contributed by atoms with Gasteiger partial charge in [-0.15, -0.1) is 0 Å². The van der Waals surface area contributed by atoms with Crippen molar-refractivity contribution in [2.75, 3.05) is 6.61 Å². The van der Waals surface area contributed by atoms with Crippen LogP contribution in [0.5, 0.6) is 5.75 Å². The molecule has 0 aliphatic carbocycles. The largest absolute Gasteiger partial charge is 0.478 e. The first-order valence-electron chi connectivity index (χ1n) is 4.31. The summed E-state index contributed by atoms with van der Waals surface area (Å²) in [6.45, 7) is 1.54. The van der Waals surface area contributed by atoms with E-state index in [1.165, 1.54) is 6.92 Å². The number of Topliss-reactive ketones (excluding diaryl/α,β-unsaturated/α-hetero) is 1. The number of nitrogens with zero attached hydrogens (tertiary/aromatic N) is 1. The van der Waals surface area contributed by atoms with E-state index in [-0.39, 0.29) is 12.4 Å². The molecule has 72 valence electrons. The number of para-hydroxylation sites is 1. The first kappa shape index (κ1) is 10.3. The van der Waals surface area contributed by atoms with E-state index in [9.17, 15) is 4.79 Å². The molecule has 0 unspecified atom stereocenters. The normalized spacial score (nSPS) is 9.14. The smallest absolute Gasteiger partial charge is 0.174 e. The summed E-state index contributed by atoms with van der Waals surface area (Å²) in [6, 6.07) is 9.14. The van der Waals surface area contributed by atoms with Crippen LogP contribution in [0.2, 0.25) is 0 Å². The number of carbonyl (C=O) groups excluding carboxylic acids is 1. The molecule has 1 aromatic carbocycles. The van der Waals surface area contributed by atoms with Crippen molar-refractivity contribution in [1.82, 2.24) is 0 Å². The Kier molecular flexibility index (Phi) is 3.69. The van der Waals surface area contributed by atoms with Crippen molar-refractivity contribution >= 4 is 5.78 Å². The zero-order chi connectivity index (χ0) is 10.4. The maximum atomic E-state index is 10.9. The van der Waals surface area contributed by atoms with Gasteiger partial charge in [0.05, 0.1) is 0 Å². The minimum atomic E-state index is 0.00885. The quantitative estimate of drug-likeness (QED) is 0.724. The van der Waals surface area contributed by atoms with E-state index in [0.29, 0.717) is 12.2 Å². The molecule has 0 aliphatic rings. The molecule has 3 nitrogen and oxygen atoms in total. The highest BCUT2D eigenvalue weighted by Gasteiger charge is 2.04. The molecule has 1 rings (SSSR count). The molecule has 0 atom stereocenters. The van der Waals surface area contributed by atoms with E-state index in [0.717, 1.165) is 5.56 Å². The fourth-order valence-electron chi connectivity index (χ4n) is 1.17. The standard InChI is InChI=1S/C11H11NO2/c1-9(13)8-10-4-2-3-5-11(10)14-7-6-12/h2-5H,7-8H2,1H3. The summed E-state index contributed by atoms with van der Waals surface area (Å²) >= 11 is 0. The van der Waals surface area contributed by atoms with Crippen LogP contribution in [-0.4, -0.2) is 12.4 Å². The van der Waals surface area contributed by atoms with Gasteiger partial charge in [0, 0.05) is 12.0 Å². The summed E-state index contributed by atoms with van der Waals surface area (Å²) in [5.41, 5.74) is 0.829. The lowest BCUT2D eigenvalue weighted by Crippen LogP contribution is -2.01. The number of hydrogen-bond donors (Lipinski definition) is 0. The second kappa shape index (κ2) is 5.03. The Balaban J connectivity index is 2.81. The molecule has 0 radical (unpaired) electrons. The van der Waals surface area contributed by atoms with Crippen molar-refractivity contribution < 1.29 is 9.53 Å². The fraction of sp³-hybridized carbons (Fsp3) is 0.273. The monoisotopic (exact) mass is 189 g/mol. The number of benzene rings is 1. The molecule has 0 amide bonds. The number of nitriles is 1. The van der Waals surface area contributed by atoms with Crippen LogP contribution in [0, 0.1) is 11.3 Å². The maximum Gasteiger partial charge on any atom is 0.174 e. The van der Waals surface area contributed by atoms with Gasteiger partial charge in [-0.3, -0.25) is 4.79 Å². The van der Waals surface area contributed by atoms with Crippen molar-refractivity contribution in [3.63, 3.8) is 0 Å². The minimum absolute atomic E-state index is 0.00885. The van der Waals surface area contributed by atoms with Crippen molar-refractivity contribution in [3.8, 4) is 11.8 Å². The van der Waals surface area contributed by atoms with E-state index in [1.807, 2.05) is 24.3 Å². The molecule has 0 heterocycles. The van der Waals surface area contributed by atoms with Gasteiger partial charge in [-0.05, 0) is 13.0 Å². The van der Waals surface area contributed by atoms with E-state index < -0.39 is 0 Å². The second-order valence-electron chi connectivity index (χ2n) is 2.93.